The predicted molar refractivity (Wildman–Crippen MR) is 183 cm³/mol. The molecule has 46 heavy (non-hydrogen) atoms. The van der Waals surface area contributed by atoms with Gasteiger partial charge in [0.25, 0.3) is 10.0 Å². The molecule has 8 nitrogen and oxygen atoms in total. The fourth-order valence-corrected chi connectivity index (χ4v) is 6.67. The van der Waals surface area contributed by atoms with Crippen LogP contribution in [0.2, 0.25) is 5.02 Å². The summed E-state index contributed by atoms with van der Waals surface area (Å²) in [6, 6.07) is 28.5. The van der Waals surface area contributed by atoms with E-state index in [1.54, 1.807) is 50.4 Å². The quantitative estimate of drug-likeness (QED) is 0.189. The van der Waals surface area contributed by atoms with E-state index in [2.05, 4.69) is 5.32 Å². The van der Waals surface area contributed by atoms with E-state index < -0.39 is 34.1 Å². The number of rotatable bonds is 12. The monoisotopic (exact) mass is 661 g/mol. The van der Waals surface area contributed by atoms with Crippen molar-refractivity contribution < 1.29 is 22.7 Å². The Morgan fingerprint density at radius 3 is 2.13 bits per heavy atom. The Morgan fingerprint density at radius 2 is 1.50 bits per heavy atom. The van der Waals surface area contributed by atoms with Crippen molar-refractivity contribution in [3.8, 4) is 5.75 Å². The highest BCUT2D eigenvalue weighted by molar-refractivity contribution is 7.92. The zero-order chi connectivity index (χ0) is 33.5. The Hall–Kier alpha value is -4.34. The van der Waals surface area contributed by atoms with Crippen LogP contribution in [-0.2, 0) is 32.6 Å². The third kappa shape index (κ3) is 8.89. The summed E-state index contributed by atoms with van der Waals surface area (Å²) in [5.41, 5.74) is 2.01. The van der Waals surface area contributed by atoms with Gasteiger partial charge in [0.15, 0.2) is 0 Å². The van der Waals surface area contributed by atoms with Crippen LogP contribution < -0.4 is 14.4 Å². The maximum Gasteiger partial charge on any atom is 0.264 e. The molecule has 4 aromatic carbocycles. The molecule has 4 rings (SSSR count). The summed E-state index contributed by atoms with van der Waals surface area (Å²) >= 11 is 6.07. The number of carbonyl (C=O) groups excluding carboxylic acids is 2. The number of hydrogen-bond donors (Lipinski definition) is 1. The smallest absolute Gasteiger partial charge is 0.264 e. The molecule has 0 saturated carbocycles. The minimum Gasteiger partial charge on any atom is -0.497 e. The molecule has 1 N–H and O–H groups in total. The molecule has 0 fully saturated rings. The fourth-order valence-electron chi connectivity index (χ4n) is 5.06. The summed E-state index contributed by atoms with van der Waals surface area (Å²) in [7, 11) is -2.68. The van der Waals surface area contributed by atoms with Crippen LogP contribution in [0.15, 0.2) is 108 Å². The van der Waals surface area contributed by atoms with Gasteiger partial charge in [0.05, 0.1) is 17.7 Å². The van der Waals surface area contributed by atoms with Gasteiger partial charge in [0, 0.05) is 23.5 Å². The van der Waals surface area contributed by atoms with Gasteiger partial charge in [-0.3, -0.25) is 13.9 Å². The highest BCUT2D eigenvalue weighted by Crippen LogP contribution is 2.28. The maximum absolute atomic E-state index is 14.6. The summed E-state index contributed by atoms with van der Waals surface area (Å²) in [5.74, 6) is -0.306. The first-order chi connectivity index (χ1) is 21.8. The lowest BCUT2D eigenvalue weighted by molar-refractivity contribution is -0.140. The number of halogens is 1. The van der Waals surface area contributed by atoms with Crippen molar-refractivity contribution in [1.82, 2.24) is 10.2 Å². The number of anilines is 1. The Labute approximate surface area is 277 Å². The largest absolute Gasteiger partial charge is 0.497 e. The van der Waals surface area contributed by atoms with E-state index in [0.29, 0.717) is 22.0 Å². The molecule has 0 radical (unpaired) electrons. The highest BCUT2D eigenvalue weighted by atomic mass is 35.5. The van der Waals surface area contributed by atoms with Gasteiger partial charge in [-0.1, -0.05) is 72.3 Å². The number of carbonyl (C=O) groups is 2. The number of sulfonamides is 1. The zero-order valence-corrected chi connectivity index (χ0v) is 28.3. The van der Waals surface area contributed by atoms with Crippen LogP contribution >= 0.6 is 11.6 Å². The molecule has 0 aliphatic heterocycles. The van der Waals surface area contributed by atoms with Crippen LogP contribution in [0, 0.1) is 6.92 Å². The van der Waals surface area contributed by atoms with Crippen molar-refractivity contribution in [3.63, 3.8) is 0 Å². The van der Waals surface area contributed by atoms with Gasteiger partial charge in [-0.15, -0.1) is 0 Å². The summed E-state index contributed by atoms with van der Waals surface area (Å²) in [6.07, 6.45) is 0.215. The molecular weight excluding hydrogens is 622 g/mol. The number of para-hydroxylation sites is 1. The molecule has 10 heteroatoms. The van der Waals surface area contributed by atoms with E-state index >= 15 is 0 Å². The number of nitrogens with zero attached hydrogens (tertiary/aromatic N) is 2. The lowest BCUT2D eigenvalue weighted by atomic mass is 10.0. The molecule has 2 amide bonds. The minimum absolute atomic E-state index is 0.0152. The first-order valence-electron chi connectivity index (χ1n) is 14.9. The Balaban J connectivity index is 1.84. The lowest BCUT2D eigenvalue weighted by Crippen LogP contribution is -2.56. The second-order valence-electron chi connectivity index (χ2n) is 12.1. The highest BCUT2D eigenvalue weighted by Gasteiger charge is 2.36. The Morgan fingerprint density at radius 1 is 0.870 bits per heavy atom. The molecule has 0 unspecified atom stereocenters. The van der Waals surface area contributed by atoms with Crippen molar-refractivity contribution in [2.45, 2.75) is 57.1 Å². The zero-order valence-electron chi connectivity index (χ0n) is 26.7. The van der Waals surface area contributed by atoms with E-state index in [9.17, 15) is 18.0 Å². The number of methoxy groups -OCH3 is 1. The van der Waals surface area contributed by atoms with Gasteiger partial charge in [-0.25, -0.2) is 8.42 Å². The SMILES string of the molecule is COc1cccc(CN(C(=O)CN(c2ccccc2C)S(=O)(=O)c2ccc(Cl)cc2)[C@@H](Cc2ccccc2)C(=O)NC(C)(C)C)c1. The molecule has 0 spiro atoms. The summed E-state index contributed by atoms with van der Waals surface area (Å²) < 4.78 is 34.9. The Kier molecular flexibility index (Phi) is 11.1. The van der Waals surface area contributed by atoms with Gasteiger partial charge in [-0.05, 0) is 86.8 Å². The third-order valence-electron chi connectivity index (χ3n) is 7.32. The number of aryl methyl sites for hydroxylation is 1. The van der Waals surface area contributed by atoms with E-state index in [-0.39, 0.29) is 23.8 Å². The van der Waals surface area contributed by atoms with Gasteiger partial charge in [0.1, 0.15) is 18.3 Å². The average Bonchev–Trinajstić information content (AvgIpc) is 3.01. The molecule has 1 atom stereocenters. The molecule has 0 aromatic heterocycles. The number of ether oxygens (including phenoxy) is 1. The van der Waals surface area contributed by atoms with Crippen molar-refractivity contribution in [2.24, 2.45) is 0 Å². The van der Waals surface area contributed by atoms with Gasteiger partial charge in [0.2, 0.25) is 11.8 Å². The third-order valence-corrected chi connectivity index (χ3v) is 9.35. The first-order valence-corrected chi connectivity index (χ1v) is 16.7. The molecule has 0 aliphatic carbocycles. The van der Waals surface area contributed by atoms with E-state index in [1.165, 1.54) is 29.2 Å². The van der Waals surface area contributed by atoms with Crippen LogP contribution in [0.25, 0.3) is 0 Å². The molecular formula is C36H40ClN3O5S. The maximum atomic E-state index is 14.6. The molecule has 0 aliphatic rings. The van der Waals surface area contributed by atoms with Crippen LogP contribution in [0.1, 0.15) is 37.5 Å². The average molecular weight is 662 g/mol. The number of benzene rings is 4. The van der Waals surface area contributed by atoms with Crippen LogP contribution in [0.3, 0.4) is 0 Å². The minimum atomic E-state index is -4.23. The normalized spacial score (nSPS) is 12.2. The summed E-state index contributed by atoms with van der Waals surface area (Å²) in [4.78, 5) is 30.1. The number of amides is 2. The summed E-state index contributed by atoms with van der Waals surface area (Å²) in [6.45, 7) is 6.89. The van der Waals surface area contributed by atoms with Crippen LogP contribution in [-0.4, -0.2) is 50.4 Å². The van der Waals surface area contributed by atoms with Crippen molar-refractivity contribution in [3.05, 3.63) is 125 Å². The fraction of sp³-hybridized carbons (Fsp3) is 0.278. The van der Waals surface area contributed by atoms with Crippen LogP contribution in [0.4, 0.5) is 5.69 Å². The molecule has 4 aromatic rings. The van der Waals surface area contributed by atoms with Crippen LogP contribution in [0.5, 0.6) is 5.75 Å². The number of nitrogens with one attached hydrogen (secondary N) is 1. The second-order valence-corrected chi connectivity index (χ2v) is 14.4. The van der Waals surface area contributed by atoms with Crippen molar-refractivity contribution >= 4 is 39.1 Å². The van der Waals surface area contributed by atoms with E-state index in [1.807, 2.05) is 63.2 Å². The van der Waals surface area contributed by atoms with Crippen molar-refractivity contribution in [2.75, 3.05) is 18.0 Å². The Bertz CT molecular complexity index is 1760. The first kappa shape index (κ1) is 34.5. The van der Waals surface area contributed by atoms with E-state index in [4.69, 9.17) is 16.3 Å². The molecule has 0 bridgehead atoms. The van der Waals surface area contributed by atoms with Crippen molar-refractivity contribution in [1.29, 1.82) is 0 Å². The molecule has 0 heterocycles. The molecule has 242 valence electrons. The van der Waals surface area contributed by atoms with Gasteiger partial charge >= 0.3 is 0 Å². The lowest BCUT2D eigenvalue weighted by Gasteiger charge is -2.35. The standard InChI is InChI=1S/C36H40ClN3O5S/c1-26-12-9-10-17-32(26)40(46(43,44)31-20-18-29(37)19-21-31)25-34(41)39(24-28-15-11-16-30(22-28)45-5)33(35(42)38-36(2,3)4)23-27-13-7-6-8-14-27/h6-22,33H,23-25H2,1-5H3,(H,38,42)/t33-/m0/s1. The van der Waals surface area contributed by atoms with Gasteiger partial charge in [-0.2, -0.15) is 0 Å². The molecule has 0 saturated heterocycles. The number of hydrogen-bond acceptors (Lipinski definition) is 5. The predicted octanol–water partition coefficient (Wildman–Crippen LogP) is 6.41. The van der Waals surface area contributed by atoms with E-state index in [0.717, 1.165) is 15.4 Å². The topological polar surface area (TPSA) is 96.0 Å². The second kappa shape index (κ2) is 14.8. The summed E-state index contributed by atoms with van der Waals surface area (Å²) in [5, 5.41) is 3.42. The van der Waals surface area contributed by atoms with Gasteiger partial charge < -0.3 is 15.0 Å².